The van der Waals surface area contributed by atoms with Crippen LogP contribution in [0.3, 0.4) is 0 Å². The molecule has 0 radical (unpaired) electrons. The summed E-state index contributed by atoms with van der Waals surface area (Å²) < 4.78 is 38.9. The number of thiophene rings is 1. The molecular formula is C35H31F2N5O4S. The first-order valence-corrected chi connectivity index (χ1v) is 16.0. The van der Waals surface area contributed by atoms with Crippen LogP contribution < -0.4 is 4.74 Å². The number of aromatic nitrogens is 3. The summed E-state index contributed by atoms with van der Waals surface area (Å²) in [5.41, 5.74) is 4.64. The number of carbonyl (C=O) groups excluding carboxylic acids is 2. The van der Waals surface area contributed by atoms with Gasteiger partial charge in [-0.15, -0.1) is 11.3 Å². The highest BCUT2D eigenvalue weighted by Crippen LogP contribution is 2.47. The van der Waals surface area contributed by atoms with Crippen LogP contribution >= 0.6 is 11.3 Å². The first-order chi connectivity index (χ1) is 22.5. The molecule has 1 N–H and O–H groups in total. The Bertz CT molecular complexity index is 2110. The van der Waals surface area contributed by atoms with Crippen LogP contribution in [0.2, 0.25) is 0 Å². The summed E-state index contributed by atoms with van der Waals surface area (Å²) >= 11 is 1.36. The minimum Gasteiger partial charge on any atom is -0.490 e. The number of ether oxygens (including phenoxy) is 1. The van der Waals surface area contributed by atoms with E-state index in [0.717, 1.165) is 23.4 Å². The van der Waals surface area contributed by atoms with Crippen molar-refractivity contribution in [2.45, 2.75) is 45.6 Å². The van der Waals surface area contributed by atoms with Gasteiger partial charge >= 0.3 is 0 Å². The lowest BCUT2D eigenvalue weighted by Gasteiger charge is -2.33. The number of carbonyl (C=O) groups is 2. The van der Waals surface area contributed by atoms with Gasteiger partial charge in [-0.3, -0.25) is 14.3 Å². The number of rotatable bonds is 7. The standard InChI is InChI=1S/C35H31F2N5O4S/c1-5-29(44)41-16-23-13-27(39-42(23)14-18(41)2)33-31(30-26(37)11-22(36)12-28(30)46-17-19(3)43)34-24(8-9-47-34)32(38-33)20-6-7-21-15-40(4)35(45)25(21)10-20/h5-13,18-19,43H,1,14-17H2,2-4H3. The molecule has 2 aromatic carbocycles. The van der Waals surface area contributed by atoms with Crippen molar-refractivity contribution in [3.05, 3.63) is 89.0 Å². The molecule has 2 aliphatic rings. The van der Waals surface area contributed by atoms with E-state index in [4.69, 9.17) is 14.8 Å². The van der Waals surface area contributed by atoms with Crippen LogP contribution in [-0.4, -0.2) is 67.3 Å². The van der Waals surface area contributed by atoms with Gasteiger partial charge in [-0.1, -0.05) is 18.7 Å². The smallest absolute Gasteiger partial charge is 0.254 e. The SMILES string of the molecule is C=CC(=O)N1Cc2cc(-c3nc(-c4ccc5c(c4)C(=O)N(C)C5)c4ccsc4c3-c3c(F)cc(F)cc3OCC(C)O)nn2CC1C. The maximum atomic E-state index is 16.0. The fourth-order valence-corrected chi connectivity index (χ4v) is 7.27. The fourth-order valence-electron chi connectivity index (χ4n) is 6.32. The molecule has 2 atom stereocenters. The first-order valence-electron chi connectivity index (χ1n) is 15.1. The van der Waals surface area contributed by atoms with E-state index < -0.39 is 17.7 Å². The van der Waals surface area contributed by atoms with Crippen LogP contribution in [0.5, 0.6) is 5.75 Å². The molecule has 12 heteroatoms. The molecule has 0 aliphatic carbocycles. The Balaban J connectivity index is 1.49. The highest BCUT2D eigenvalue weighted by molar-refractivity contribution is 7.18. The Kier molecular flexibility index (Phi) is 7.64. The molecule has 47 heavy (non-hydrogen) atoms. The molecule has 5 aromatic rings. The Morgan fingerprint density at radius 1 is 1.17 bits per heavy atom. The predicted octanol–water partition coefficient (Wildman–Crippen LogP) is 6.03. The number of halogens is 2. The number of benzene rings is 2. The van der Waals surface area contributed by atoms with Gasteiger partial charge in [0.15, 0.2) is 0 Å². The molecule has 240 valence electrons. The van der Waals surface area contributed by atoms with Crippen LogP contribution in [0.15, 0.2) is 60.5 Å². The van der Waals surface area contributed by atoms with E-state index in [-0.39, 0.29) is 42.3 Å². The van der Waals surface area contributed by atoms with Crippen LogP contribution in [0.4, 0.5) is 8.78 Å². The minimum absolute atomic E-state index is 0.0119. The summed E-state index contributed by atoms with van der Waals surface area (Å²) in [4.78, 5) is 34.0. The lowest BCUT2D eigenvalue weighted by Crippen LogP contribution is -2.44. The number of amides is 2. The molecule has 5 heterocycles. The van der Waals surface area contributed by atoms with Gasteiger partial charge in [-0.25, -0.2) is 13.8 Å². The molecular weight excluding hydrogens is 624 g/mol. The molecule has 2 unspecified atom stereocenters. The molecule has 0 fully saturated rings. The lowest BCUT2D eigenvalue weighted by molar-refractivity contribution is -0.129. The van der Waals surface area contributed by atoms with E-state index in [1.54, 1.807) is 16.8 Å². The molecule has 0 spiro atoms. The molecule has 2 aliphatic heterocycles. The molecule has 3 aromatic heterocycles. The van der Waals surface area contributed by atoms with Crippen LogP contribution in [0, 0.1) is 11.6 Å². The fraction of sp³-hybridized carbons (Fsp3) is 0.257. The summed E-state index contributed by atoms with van der Waals surface area (Å²) in [5.74, 6) is -2.05. The maximum Gasteiger partial charge on any atom is 0.254 e. The van der Waals surface area contributed by atoms with Gasteiger partial charge in [-0.2, -0.15) is 5.10 Å². The molecule has 2 amide bonds. The Hall–Kier alpha value is -4.94. The van der Waals surface area contributed by atoms with Gasteiger partial charge in [0, 0.05) is 58.5 Å². The van der Waals surface area contributed by atoms with E-state index >= 15 is 4.39 Å². The lowest BCUT2D eigenvalue weighted by atomic mass is 9.95. The van der Waals surface area contributed by atoms with E-state index in [0.29, 0.717) is 56.9 Å². The number of fused-ring (bicyclic) bond motifs is 3. The molecule has 0 saturated heterocycles. The van der Waals surface area contributed by atoms with E-state index in [2.05, 4.69) is 6.58 Å². The Morgan fingerprint density at radius 2 is 1.98 bits per heavy atom. The molecule has 0 saturated carbocycles. The van der Waals surface area contributed by atoms with Crippen molar-refractivity contribution in [1.82, 2.24) is 24.6 Å². The van der Waals surface area contributed by atoms with E-state index in [9.17, 15) is 19.1 Å². The minimum atomic E-state index is -0.888. The second-order valence-corrected chi connectivity index (χ2v) is 12.9. The van der Waals surface area contributed by atoms with E-state index in [1.165, 1.54) is 24.3 Å². The summed E-state index contributed by atoms with van der Waals surface area (Å²) in [6.45, 7) is 8.12. The van der Waals surface area contributed by atoms with Gasteiger partial charge < -0.3 is 19.6 Å². The highest BCUT2D eigenvalue weighted by atomic mass is 32.1. The van der Waals surface area contributed by atoms with Gasteiger partial charge in [0.25, 0.3) is 5.91 Å². The molecule has 9 nitrogen and oxygen atoms in total. The highest BCUT2D eigenvalue weighted by Gasteiger charge is 2.31. The Labute approximate surface area is 273 Å². The quantitative estimate of drug-likeness (QED) is 0.215. The average Bonchev–Trinajstić information content (AvgIpc) is 3.76. The van der Waals surface area contributed by atoms with Gasteiger partial charge in [0.1, 0.15) is 35.4 Å². The third-order valence-electron chi connectivity index (χ3n) is 8.59. The van der Waals surface area contributed by atoms with Crippen molar-refractivity contribution >= 4 is 33.2 Å². The third-order valence-corrected chi connectivity index (χ3v) is 9.52. The van der Waals surface area contributed by atoms with E-state index in [1.807, 2.05) is 47.3 Å². The van der Waals surface area contributed by atoms with Crippen LogP contribution in [0.25, 0.3) is 43.9 Å². The number of aliphatic hydroxyl groups excluding tert-OH is 1. The summed E-state index contributed by atoms with van der Waals surface area (Å²) in [6.07, 6.45) is 0.395. The number of nitrogens with zero attached hydrogens (tertiary/aromatic N) is 5. The summed E-state index contributed by atoms with van der Waals surface area (Å²) in [5, 5.41) is 17.4. The number of aliphatic hydroxyl groups is 1. The van der Waals surface area contributed by atoms with Gasteiger partial charge in [-0.05, 0) is 49.1 Å². The zero-order valence-corrected chi connectivity index (χ0v) is 26.8. The topological polar surface area (TPSA) is 101 Å². The summed E-state index contributed by atoms with van der Waals surface area (Å²) in [6, 6.07) is 11.1. The summed E-state index contributed by atoms with van der Waals surface area (Å²) in [7, 11) is 1.75. The van der Waals surface area contributed by atoms with Gasteiger partial charge in [0.05, 0.1) is 36.1 Å². The maximum absolute atomic E-state index is 16.0. The van der Waals surface area contributed by atoms with Crippen molar-refractivity contribution in [1.29, 1.82) is 0 Å². The van der Waals surface area contributed by atoms with Crippen molar-refractivity contribution in [2.24, 2.45) is 0 Å². The number of hydrogen-bond donors (Lipinski definition) is 1. The van der Waals surface area contributed by atoms with Crippen molar-refractivity contribution in [2.75, 3.05) is 13.7 Å². The second kappa shape index (κ2) is 11.7. The largest absolute Gasteiger partial charge is 0.490 e. The Morgan fingerprint density at radius 3 is 2.74 bits per heavy atom. The molecule has 7 rings (SSSR count). The molecule has 0 bridgehead atoms. The van der Waals surface area contributed by atoms with Crippen molar-refractivity contribution in [3.63, 3.8) is 0 Å². The number of pyridine rings is 1. The number of hydrogen-bond acceptors (Lipinski definition) is 7. The zero-order chi connectivity index (χ0) is 33.1. The van der Waals surface area contributed by atoms with Crippen LogP contribution in [-0.2, 0) is 24.4 Å². The van der Waals surface area contributed by atoms with Crippen molar-refractivity contribution in [3.8, 4) is 39.5 Å². The van der Waals surface area contributed by atoms with Gasteiger partial charge in [0.2, 0.25) is 5.91 Å². The third kappa shape index (κ3) is 5.27. The first kappa shape index (κ1) is 30.7. The average molecular weight is 656 g/mol. The normalized spacial score (nSPS) is 16.4. The monoisotopic (exact) mass is 655 g/mol. The van der Waals surface area contributed by atoms with Crippen molar-refractivity contribution < 1.29 is 28.2 Å². The predicted molar refractivity (Wildman–Crippen MR) is 175 cm³/mol. The second-order valence-electron chi connectivity index (χ2n) is 12.0. The van der Waals surface area contributed by atoms with Crippen LogP contribution in [0.1, 0.15) is 35.5 Å². The zero-order valence-electron chi connectivity index (χ0n) is 26.0.